The fourth-order valence-electron chi connectivity index (χ4n) is 3.29. The molecule has 20 heavy (non-hydrogen) atoms. The van der Waals surface area contributed by atoms with E-state index < -0.39 is 10.0 Å². The molecule has 1 heterocycles. The second-order valence-electron chi connectivity index (χ2n) is 5.81. The lowest BCUT2D eigenvalue weighted by Crippen LogP contribution is -2.29. The van der Waals surface area contributed by atoms with Crippen molar-refractivity contribution < 1.29 is 13.5 Å². The van der Waals surface area contributed by atoms with Gasteiger partial charge in [0.25, 0.3) is 0 Å². The highest BCUT2D eigenvalue weighted by Crippen LogP contribution is 2.29. The van der Waals surface area contributed by atoms with Crippen molar-refractivity contribution in [3.05, 3.63) is 29.3 Å². The third-order valence-corrected chi connectivity index (χ3v) is 6.35. The van der Waals surface area contributed by atoms with Crippen LogP contribution < -0.4 is 0 Å². The average Bonchev–Trinajstić information content (AvgIpc) is 3.06. The second kappa shape index (κ2) is 5.47. The highest BCUT2D eigenvalue weighted by atomic mass is 32.2. The highest BCUT2D eigenvalue weighted by Gasteiger charge is 2.32. The number of nitrogens with zero attached hydrogens (tertiary/aromatic N) is 1. The van der Waals surface area contributed by atoms with Crippen molar-refractivity contribution in [2.45, 2.75) is 37.0 Å². The molecule has 0 bridgehead atoms. The first-order chi connectivity index (χ1) is 9.61. The Morgan fingerprint density at radius 2 is 2.05 bits per heavy atom. The van der Waals surface area contributed by atoms with Gasteiger partial charge in [-0.3, -0.25) is 0 Å². The molecule has 0 amide bonds. The number of aryl methyl sites for hydroxylation is 2. The molecule has 0 spiro atoms. The summed E-state index contributed by atoms with van der Waals surface area (Å²) in [6, 6.07) is 5.58. The van der Waals surface area contributed by atoms with Crippen LogP contribution in [0.15, 0.2) is 23.1 Å². The molecule has 5 heteroatoms. The third kappa shape index (κ3) is 2.50. The number of hydrogen-bond donors (Lipinski definition) is 1. The summed E-state index contributed by atoms with van der Waals surface area (Å²) >= 11 is 0. The first kappa shape index (κ1) is 14.0. The van der Waals surface area contributed by atoms with Crippen LogP contribution in [0.25, 0.3) is 0 Å². The molecule has 1 N–H and O–H groups in total. The Hall–Kier alpha value is -0.910. The van der Waals surface area contributed by atoms with E-state index in [4.69, 9.17) is 5.11 Å². The second-order valence-corrected chi connectivity index (χ2v) is 7.75. The molecule has 1 atom stereocenters. The number of aliphatic hydroxyl groups is 1. The van der Waals surface area contributed by atoms with Gasteiger partial charge < -0.3 is 5.11 Å². The van der Waals surface area contributed by atoms with Crippen molar-refractivity contribution in [1.29, 1.82) is 0 Å². The van der Waals surface area contributed by atoms with Crippen LogP contribution >= 0.6 is 0 Å². The van der Waals surface area contributed by atoms with Crippen LogP contribution in [0.2, 0.25) is 0 Å². The first-order valence-electron chi connectivity index (χ1n) is 7.34. The van der Waals surface area contributed by atoms with Gasteiger partial charge in [-0.1, -0.05) is 6.07 Å². The molecule has 2 aliphatic rings. The Kier molecular flexibility index (Phi) is 3.84. The Morgan fingerprint density at radius 3 is 2.85 bits per heavy atom. The summed E-state index contributed by atoms with van der Waals surface area (Å²) in [7, 11) is -3.36. The minimum Gasteiger partial charge on any atom is -0.396 e. The van der Waals surface area contributed by atoms with Gasteiger partial charge in [0, 0.05) is 19.7 Å². The lowest BCUT2D eigenvalue weighted by Gasteiger charge is -2.17. The van der Waals surface area contributed by atoms with Crippen LogP contribution in [0.1, 0.15) is 30.4 Å². The Bertz CT molecular complexity index is 597. The largest absolute Gasteiger partial charge is 0.396 e. The van der Waals surface area contributed by atoms with Crippen molar-refractivity contribution in [3.63, 3.8) is 0 Å². The number of fused-ring (bicyclic) bond motifs is 1. The number of benzene rings is 1. The van der Waals surface area contributed by atoms with E-state index in [2.05, 4.69) is 0 Å². The van der Waals surface area contributed by atoms with E-state index in [9.17, 15) is 8.42 Å². The molecule has 0 radical (unpaired) electrons. The standard InChI is InChI=1S/C15H21NO3S/c17-9-7-12-6-8-16(11-12)20(18,19)15-5-4-13-2-1-3-14(13)10-15/h4-5,10,12,17H,1-3,6-9,11H2. The van der Waals surface area contributed by atoms with E-state index in [0.717, 1.165) is 25.7 Å². The van der Waals surface area contributed by atoms with Gasteiger partial charge in [-0.2, -0.15) is 4.31 Å². The minimum atomic E-state index is -3.36. The molecule has 1 aliphatic heterocycles. The van der Waals surface area contributed by atoms with Gasteiger partial charge in [0.05, 0.1) is 4.90 Å². The zero-order chi connectivity index (χ0) is 14.2. The molecule has 110 valence electrons. The molecule has 1 aromatic rings. The zero-order valence-corrected chi connectivity index (χ0v) is 12.4. The molecule has 1 unspecified atom stereocenters. The van der Waals surface area contributed by atoms with Crippen LogP contribution in [-0.2, 0) is 22.9 Å². The molecule has 1 saturated heterocycles. The number of hydrogen-bond acceptors (Lipinski definition) is 3. The fourth-order valence-corrected chi connectivity index (χ4v) is 4.87. The van der Waals surface area contributed by atoms with Gasteiger partial charge in [-0.15, -0.1) is 0 Å². The number of rotatable bonds is 4. The van der Waals surface area contributed by atoms with Crippen LogP contribution in [-0.4, -0.2) is 37.5 Å². The highest BCUT2D eigenvalue weighted by molar-refractivity contribution is 7.89. The van der Waals surface area contributed by atoms with E-state index in [1.807, 2.05) is 12.1 Å². The van der Waals surface area contributed by atoms with Crippen molar-refractivity contribution >= 4 is 10.0 Å². The topological polar surface area (TPSA) is 57.6 Å². The third-order valence-electron chi connectivity index (χ3n) is 4.49. The van der Waals surface area contributed by atoms with Gasteiger partial charge in [-0.05, 0) is 61.3 Å². The zero-order valence-electron chi connectivity index (χ0n) is 11.6. The average molecular weight is 295 g/mol. The number of sulfonamides is 1. The van der Waals surface area contributed by atoms with Crippen molar-refractivity contribution in [1.82, 2.24) is 4.31 Å². The molecule has 1 aromatic carbocycles. The molecule has 1 aliphatic carbocycles. The predicted molar refractivity (Wildman–Crippen MR) is 77.0 cm³/mol. The maximum absolute atomic E-state index is 12.6. The van der Waals surface area contributed by atoms with Gasteiger partial charge in [0.1, 0.15) is 0 Å². The Balaban J connectivity index is 1.82. The van der Waals surface area contributed by atoms with E-state index >= 15 is 0 Å². The Morgan fingerprint density at radius 1 is 1.25 bits per heavy atom. The lowest BCUT2D eigenvalue weighted by atomic mass is 10.1. The monoisotopic (exact) mass is 295 g/mol. The summed E-state index contributed by atoms with van der Waals surface area (Å²) in [6.45, 7) is 1.25. The van der Waals surface area contributed by atoms with Crippen molar-refractivity contribution in [2.75, 3.05) is 19.7 Å². The van der Waals surface area contributed by atoms with Crippen molar-refractivity contribution in [2.24, 2.45) is 5.92 Å². The van der Waals surface area contributed by atoms with Gasteiger partial charge in [0.2, 0.25) is 10.0 Å². The fraction of sp³-hybridized carbons (Fsp3) is 0.600. The summed E-state index contributed by atoms with van der Waals surface area (Å²) < 4.78 is 26.9. The van der Waals surface area contributed by atoms with Crippen LogP contribution in [0.4, 0.5) is 0 Å². The molecular weight excluding hydrogens is 274 g/mol. The van der Waals surface area contributed by atoms with E-state index in [1.165, 1.54) is 11.1 Å². The molecule has 4 nitrogen and oxygen atoms in total. The van der Waals surface area contributed by atoms with Crippen molar-refractivity contribution in [3.8, 4) is 0 Å². The summed E-state index contributed by atoms with van der Waals surface area (Å²) in [6.07, 6.45) is 4.73. The molecule has 0 saturated carbocycles. The first-order valence-corrected chi connectivity index (χ1v) is 8.78. The van der Waals surface area contributed by atoms with Crippen LogP contribution in [0, 0.1) is 5.92 Å². The van der Waals surface area contributed by atoms with Gasteiger partial charge in [-0.25, -0.2) is 8.42 Å². The van der Waals surface area contributed by atoms with Gasteiger partial charge in [0.15, 0.2) is 0 Å². The molecule has 0 aromatic heterocycles. The van der Waals surface area contributed by atoms with E-state index in [0.29, 0.717) is 30.3 Å². The Labute approximate surface area is 120 Å². The molecular formula is C15H21NO3S. The quantitative estimate of drug-likeness (QED) is 0.917. The minimum absolute atomic E-state index is 0.136. The maximum Gasteiger partial charge on any atom is 0.243 e. The summed E-state index contributed by atoms with van der Waals surface area (Å²) in [4.78, 5) is 0.433. The van der Waals surface area contributed by atoms with Crippen LogP contribution in [0.5, 0.6) is 0 Å². The summed E-state index contributed by atoms with van der Waals surface area (Å²) in [5.74, 6) is 0.296. The summed E-state index contributed by atoms with van der Waals surface area (Å²) in [5.41, 5.74) is 2.49. The SMILES string of the molecule is O=S(=O)(c1ccc2c(c1)CCC2)N1CCC(CCO)C1. The van der Waals surface area contributed by atoms with E-state index in [1.54, 1.807) is 10.4 Å². The summed E-state index contributed by atoms with van der Waals surface area (Å²) in [5, 5.41) is 8.97. The normalized spacial score (nSPS) is 23.1. The lowest BCUT2D eigenvalue weighted by molar-refractivity contribution is 0.259. The predicted octanol–water partition coefficient (Wildman–Crippen LogP) is 1.57. The van der Waals surface area contributed by atoms with Crippen LogP contribution in [0.3, 0.4) is 0 Å². The smallest absolute Gasteiger partial charge is 0.243 e. The molecule has 3 rings (SSSR count). The maximum atomic E-state index is 12.6. The molecule has 1 fully saturated rings. The van der Waals surface area contributed by atoms with Gasteiger partial charge >= 0.3 is 0 Å². The number of aliphatic hydroxyl groups excluding tert-OH is 1. The van der Waals surface area contributed by atoms with E-state index in [-0.39, 0.29) is 6.61 Å².